The maximum absolute atomic E-state index is 12.4. The molecule has 0 amide bonds. The van der Waals surface area contributed by atoms with E-state index in [0.717, 1.165) is 12.0 Å². The van der Waals surface area contributed by atoms with Gasteiger partial charge in [0.25, 0.3) is 0 Å². The van der Waals surface area contributed by atoms with Gasteiger partial charge >= 0.3 is 0 Å². The number of benzene rings is 1. The Morgan fingerprint density at radius 2 is 2.19 bits per heavy atom. The summed E-state index contributed by atoms with van der Waals surface area (Å²) in [6, 6.07) is 6.12. The van der Waals surface area contributed by atoms with E-state index in [-0.39, 0.29) is 10.9 Å². The van der Waals surface area contributed by atoms with Gasteiger partial charge in [0.2, 0.25) is 10.0 Å². The molecule has 2 rings (SSSR count). The van der Waals surface area contributed by atoms with Gasteiger partial charge in [0.1, 0.15) is 5.82 Å². The van der Waals surface area contributed by atoms with Crippen LogP contribution in [0.1, 0.15) is 43.7 Å². The highest BCUT2D eigenvalue weighted by molar-refractivity contribution is 7.89. The van der Waals surface area contributed by atoms with Gasteiger partial charge in [-0.2, -0.15) is 0 Å². The molecular weight excluding hydrogens is 288 g/mol. The molecule has 1 aromatic heterocycles. The van der Waals surface area contributed by atoms with E-state index in [4.69, 9.17) is 5.73 Å². The van der Waals surface area contributed by atoms with Gasteiger partial charge in [-0.15, -0.1) is 0 Å². The number of nitrogens with two attached hydrogens (primary N) is 1. The first-order valence-electron chi connectivity index (χ1n) is 6.81. The highest BCUT2D eigenvalue weighted by Gasteiger charge is 2.20. The van der Waals surface area contributed by atoms with Crippen LogP contribution in [0.3, 0.4) is 0 Å². The zero-order valence-corrected chi connectivity index (χ0v) is 12.9. The summed E-state index contributed by atoms with van der Waals surface area (Å²) in [5.74, 6) is 0.569. The van der Waals surface area contributed by atoms with Crippen molar-refractivity contribution < 1.29 is 8.42 Å². The summed E-state index contributed by atoms with van der Waals surface area (Å²) in [4.78, 5) is 7.15. The van der Waals surface area contributed by atoms with Gasteiger partial charge in [0.05, 0.1) is 10.9 Å². The molecule has 4 N–H and O–H groups in total. The lowest BCUT2D eigenvalue weighted by Crippen LogP contribution is -2.27. The molecule has 0 aliphatic heterocycles. The number of imidazole rings is 1. The average molecular weight is 308 g/mol. The number of hydrogen-bond donors (Lipinski definition) is 3. The molecule has 0 bridgehead atoms. The van der Waals surface area contributed by atoms with Crippen LogP contribution in [0.2, 0.25) is 0 Å². The van der Waals surface area contributed by atoms with Gasteiger partial charge in [-0.05, 0) is 31.0 Å². The molecule has 0 aliphatic carbocycles. The van der Waals surface area contributed by atoms with Crippen LogP contribution in [0.4, 0.5) is 0 Å². The minimum Gasteiger partial charge on any atom is -0.347 e. The minimum absolute atomic E-state index is 0.164. The zero-order chi connectivity index (χ0) is 15.5. The summed E-state index contributed by atoms with van der Waals surface area (Å²) in [5.41, 5.74) is 6.77. The van der Waals surface area contributed by atoms with Crippen molar-refractivity contribution in [2.75, 3.05) is 0 Å². The average Bonchev–Trinajstić information content (AvgIpc) is 3.00. The Labute approximate surface area is 124 Å². The lowest BCUT2D eigenvalue weighted by Gasteiger charge is -2.14. The molecule has 1 heterocycles. The maximum Gasteiger partial charge on any atom is 0.241 e. The second-order valence-corrected chi connectivity index (χ2v) is 6.62. The van der Waals surface area contributed by atoms with Crippen molar-refractivity contribution in [3.05, 3.63) is 48.0 Å². The Balaban J connectivity index is 2.23. The lowest BCUT2D eigenvalue weighted by molar-refractivity contribution is 0.560. The number of hydrogen-bond acceptors (Lipinski definition) is 4. The monoisotopic (exact) mass is 308 g/mol. The van der Waals surface area contributed by atoms with E-state index in [1.165, 1.54) is 0 Å². The minimum atomic E-state index is -3.62. The van der Waals surface area contributed by atoms with E-state index >= 15 is 0 Å². The van der Waals surface area contributed by atoms with Gasteiger partial charge in [-0.25, -0.2) is 18.1 Å². The van der Waals surface area contributed by atoms with E-state index in [0.29, 0.717) is 5.82 Å². The van der Waals surface area contributed by atoms with E-state index in [2.05, 4.69) is 14.7 Å². The summed E-state index contributed by atoms with van der Waals surface area (Å²) in [6.07, 6.45) is 3.99. The number of sulfonamides is 1. The fraction of sp³-hybridized carbons (Fsp3) is 0.357. The molecule has 114 valence electrons. The first kappa shape index (κ1) is 15.7. The summed E-state index contributed by atoms with van der Waals surface area (Å²) < 4.78 is 27.4. The highest BCUT2D eigenvalue weighted by atomic mass is 32.2. The first-order chi connectivity index (χ1) is 9.94. The predicted octanol–water partition coefficient (Wildman–Crippen LogP) is 1.86. The van der Waals surface area contributed by atoms with Crippen LogP contribution in [0.15, 0.2) is 41.6 Å². The molecule has 0 fully saturated rings. The van der Waals surface area contributed by atoms with Crippen LogP contribution in [0.5, 0.6) is 0 Å². The molecule has 6 nitrogen and oxygen atoms in total. The Hall–Kier alpha value is -1.70. The number of aromatic nitrogens is 2. The zero-order valence-electron chi connectivity index (χ0n) is 12.1. The highest BCUT2D eigenvalue weighted by Crippen LogP contribution is 2.19. The molecule has 0 radical (unpaired) electrons. The Morgan fingerprint density at radius 1 is 1.43 bits per heavy atom. The van der Waals surface area contributed by atoms with Crippen LogP contribution in [-0.4, -0.2) is 18.4 Å². The molecule has 0 saturated carbocycles. The third-order valence-corrected chi connectivity index (χ3v) is 4.84. The maximum atomic E-state index is 12.4. The quantitative estimate of drug-likeness (QED) is 0.758. The van der Waals surface area contributed by atoms with E-state index in [1.54, 1.807) is 37.5 Å². The number of aromatic amines is 1. The van der Waals surface area contributed by atoms with E-state index < -0.39 is 16.1 Å². The Kier molecular flexibility index (Phi) is 4.76. The summed E-state index contributed by atoms with van der Waals surface area (Å²) >= 11 is 0. The van der Waals surface area contributed by atoms with Gasteiger partial charge in [-0.1, -0.05) is 19.1 Å². The van der Waals surface area contributed by atoms with Gasteiger partial charge in [0, 0.05) is 18.4 Å². The Morgan fingerprint density at radius 3 is 2.81 bits per heavy atom. The molecule has 1 aromatic carbocycles. The third kappa shape index (κ3) is 3.69. The van der Waals surface area contributed by atoms with Crippen molar-refractivity contribution in [2.45, 2.75) is 37.2 Å². The van der Waals surface area contributed by atoms with E-state index in [1.807, 2.05) is 13.0 Å². The topological polar surface area (TPSA) is 101 Å². The molecule has 0 spiro atoms. The third-order valence-electron chi connectivity index (χ3n) is 3.30. The van der Waals surface area contributed by atoms with Crippen LogP contribution >= 0.6 is 0 Å². The summed E-state index contributed by atoms with van der Waals surface area (Å²) in [5, 5.41) is 0. The fourth-order valence-electron chi connectivity index (χ4n) is 2.02. The standard InChI is InChI=1S/C14H20N4O2S/c1-3-13(15)11-5-4-6-12(9-11)21(19,20)18-10(2)14-16-7-8-17-14/h4-10,13,18H,3,15H2,1-2H3,(H,16,17). The normalized spacial score (nSPS) is 14.8. The van der Waals surface area contributed by atoms with Crippen molar-refractivity contribution in [3.63, 3.8) is 0 Å². The SMILES string of the molecule is CCC(N)c1cccc(S(=O)(=O)NC(C)c2ncc[nH]2)c1. The fourth-order valence-corrected chi connectivity index (χ4v) is 3.28. The number of rotatable bonds is 6. The van der Waals surface area contributed by atoms with Gasteiger partial charge < -0.3 is 10.7 Å². The van der Waals surface area contributed by atoms with Crippen molar-refractivity contribution in [2.24, 2.45) is 5.73 Å². The molecule has 0 aliphatic rings. The molecule has 0 saturated heterocycles. The second kappa shape index (κ2) is 6.38. The number of nitrogens with one attached hydrogen (secondary N) is 2. The van der Waals surface area contributed by atoms with Crippen molar-refractivity contribution in [1.82, 2.24) is 14.7 Å². The first-order valence-corrected chi connectivity index (χ1v) is 8.29. The lowest BCUT2D eigenvalue weighted by atomic mass is 10.1. The molecule has 21 heavy (non-hydrogen) atoms. The van der Waals surface area contributed by atoms with Crippen LogP contribution in [-0.2, 0) is 10.0 Å². The predicted molar refractivity (Wildman–Crippen MR) is 81.0 cm³/mol. The molecule has 2 aromatic rings. The number of nitrogens with zero attached hydrogens (tertiary/aromatic N) is 1. The Bertz CT molecular complexity index is 683. The van der Waals surface area contributed by atoms with Crippen molar-refractivity contribution in [3.8, 4) is 0 Å². The smallest absolute Gasteiger partial charge is 0.241 e. The summed E-state index contributed by atoms with van der Waals surface area (Å²) in [6.45, 7) is 3.70. The van der Waals surface area contributed by atoms with Crippen LogP contribution in [0, 0.1) is 0 Å². The van der Waals surface area contributed by atoms with E-state index in [9.17, 15) is 8.42 Å². The van der Waals surface area contributed by atoms with Crippen LogP contribution in [0.25, 0.3) is 0 Å². The van der Waals surface area contributed by atoms with Crippen LogP contribution < -0.4 is 10.5 Å². The van der Waals surface area contributed by atoms with Gasteiger partial charge in [-0.3, -0.25) is 0 Å². The van der Waals surface area contributed by atoms with Crippen molar-refractivity contribution in [1.29, 1.82) is 0 Å². The largest absolute Gasteiger partial charge is 0.347 e. The summed E-state index contributed by atoms with van der Waals surface area (Å²) in [7, 11) is -3.62. The molecule has 2 unspecified atom stereocenters. The van der Waals surface area contributed by atoms with Crippen molar-refractivity contribution >= 4 is 10.0 Å². The molecule has 7 heteroatoms. The van der Waals surface area contributed by atoms with Gasteiger partial charge in [0.15, 0.2) is 0 Å². The second-order valence-electron chi connectivity index (χ2n) is 4.90. The number of H-pyrrole nitrogens is 1. The molecule has 2 atom stereocenters. The molecular formula is C14H20N4O2S.